The first-order valence-corrected chi connectivity index (χ1v) is 7.96. The van der Waals surface area contributed by atoms with Crippen molar-refractivity contribution in [2.45, 2.75) is 6.92 Å². The van der Waals surface area contributed by atoms with Crippen molar-refractivity contribution in [2.24, 2.45) is 0 Å². The summed E-state index contributed by atoms with van der Waals surface area (Å²) < 4.78 is 13.3. The van der Waals surface area contributed by atoms with Crippen LogP contribution in [-0.2, 0) is 4.79 Å². The van der Waals surface area contributed by atoms with Crippen LogP contribution in [0.1, 0.15) is 6.92 Å². The zero-order chi connectivity index (χ0) is 16.2. The van der Waals surface area contributed by atoms with Crippen LogP contribution >= 0.6 is 0 Å². The van der Waals surface area contributed by atoms with E-state index in [1.807, 2.05) is 19.1 Å². The number of hydrogen-bond donors (Lipinski definition) is 1. The third-order valence-corrected chi connectivity index (χ3v) is 4.08. The summed E-state index contributed by atoms with van der Waals surface area (Å²) >= 11 is 0. The van der Waals surface area contributed by atoms with Crippen molar-refractivity contribution < 1.29 is 9.18 Å². The number of pyridine rings is 1. The summed E-state index contributed by atoms with van der Waals surface area (Å²) in [6.07, 6.45) is 0. The molecule has 0 radical (unpaired) electrons. The fraction of sp³-hybridized carbons (Fsp3) is 0.412. The highest BCUT2D eigenvalue weighted by Crippen LogP contribution is 2.20. The maximum Gasteiger partial charge on any atom is 0.234 e. The number of aromatic nitrogens is 1. The van der Waals surface area contributed by atoms with Crippen LogP contribution in [0.2, 0.25) is 0 Å². The molecule has 0 atom stereocenters. The first kappa shape index (κ1) is 15.7. The Morgan fingerprint density at radius 1 is 1.22 bits per heavy atom. The monoisotopic (exact) mass is 316 g/mol. The van der Waals surface area contributed by atoms with E-state index in [1.54, 1.807) is 6.07 Å². The smallest absolute Gasteiger partial charge is 0.234 e. The van der Waals surface area contributed by atoms with Crippen LogP contribution in [0.5, 0.6) is 0 Å². The van der Waals surface area contributed by atoms with E-state index in [0.717, 1.165) is 37.4 Å². The van der Waals surface area contributed by atoms with Crippen molar-refractivity contribution in [3.8, 4) is 0 Å². The second kappa shape index (κ2) is 6.91. The number of benzene rings is 1. The molecule has 0 bridgehead atoms. The Bertz CT molecular complexity index is 698. The number of amides is 1. The second-order valence-corrected chi connectivity index (χ2v) is 5.72. The van der Waals surface area contributed by atoms with E-state index in [4.69, 9.17) is 0 Å². The summed E-state index contributed by atoms with van der Waals surface area (Å²) in [6, 6.07) is 8.59. The molecule has 3 rings (SSSR count). The lowest BCUT2D eigenvalue weighted by atomic mass is 10.2. The second-order valence-electron chi connectivity index (χ2n) is 5.72. The summed E-state index contributed by atoms with van der Waals surface area (Å²) in [7, 11) is 0. The van der Waals surface area contributed by atoms with Crippen LogP contribution in [0.4, 0.5) is 10.2 Å². The number of carbonyl (C=O) groups excluding carboxylic acids is 1. The van der Waals surface area contributed by atoms with Crippen molar-refractivity contribution >= 4 is 22.6 Å². The summed E-state index contributed by atoms with van der Waals surface area (Å²) in [6.45, 7) is 6.29. The minimum absolute atomic E-state index is 0.0697. The highest BCUT2D eigenvalue weighted by molar-refractivity contribution is 5.80. The van der Waals surface area contributed by atoms with Gasteiger partial charge in [0.1, 0.15) is 11.6 Å². The standard InChI is InChI=1S/C17H21FN4O/c1-2-19-17(23)12-21-7-9-22(10-8-21)16-6-4-13-3-5-14(18)11-15(13)20-16/h3-6,11H,2,7-10,12H2,1H3,(H,19,23). The van der Waals surface area contributed by atoms with Crippen molar-refractivity contribution in [3.63, 3.8) is 0 Å². The molecule has 5 nitrogen and oxygen atoms in total. The van der Waals surface area contributed by atoms with E-state index in [1.165, 1.54) is 12.1 Å². The van der Waals surface area contributed by atoms with Crippen molar-refractivity contribution in [1.82, 2.24) is 15.2 Å². The minimum atomic E-state index is -0.270. The zero-order valence-electron chi connectivity index (χ0n) is 13.3. The molecule has 1 saturated heterocycles. The number of carbonyl (C=O) groups is 1. The molecule has 6 heteroatoms. The normalized spacial score (nSPS) is 15.8. The van der Waals surface area contributed by atoms with Gasteiger partial charge in [0.15, 0.2) is 0 Å². The van der Waals surface area contributed by atoms with Gasteiger partial charge in [-0.15, -0.1) is 0 Å². The number of nitrogens with zero attached hydrogens (tertiary/aromatic N) is 3. The van der Waals surface area contributed by atoms with Gasteiger partial charge in [0.25, 0.3) is 0 Å². The average molecular weight is 316 g/mol. The predicted octanol–water partition coefficient (Wildman–Crippen LogP) is 1.63. The molecule has 0 spiro atoms. The zero-order valence-corrected chi connectivity index (χ0v) is 13.3. The molecule has 2 aromatic rings. The average Bonchev–Trinajstić information content (AvgIpc) is 2.55. The molecule has 1 aromatic heterocycles. The Kier molecular flexibility index (Phi) is 4.71. The number of fused-ring (bicyclic) bond motifs is 1. The van der Waals surface area contributed by atoms with E-state index in [-0.39, 0.29) is 11.7 Å². The van der Waals surface area contributed by atoms with Gasteiger partial charge in [-0.3, -0.25) is 9.69 Å². The minimum Gasteiger partial charge on any atom is -0.355 e. The molecule has 23 heavy (non-hydrogen) atoms. The molecule has 122 valence electrons. The lowest BCUT2D eigenvalue weighted by Gasteiger charge is -2.35. The lowest BCUT2D eigenvalue weighted by Crippen LogP contribution is -2.49. The molecular weight excluding hydrogens is 295 g/mol. The molecule has 0 saturated carbocycles. The van der Waals surface area contributed by atoms with E-state index in [0.29, 0.717) is 18.6 Å². The van der Waals surface area contributed by atoms with Gasteiger partial charge in [0.05, 0.1) is 12.1 Å². The maximum atomic E-state index is 13.3. The van der Waals surface area contributed by atoms with Gasteiger partial charge in [-0.25, -0.2) is 9.37 Å². The third kappa shape index (κ3) is 3.76. The van der Waals surface area contributed by atoms with Gasteiger partial charge in [-0.2, -0.15) is 0 Å². The van der Waals surface area contributed by atoms with Gasteiger partial charge < -0.3 is 10.2 Å². The Labute approximate surface area is 135 Å². The van der Waals surface area contributed by atoms with Crippen molar-refractivity contribution in [3.05, 3.63) is 36.1 Å². The van der Waals surface area contributed by atoms with Gasteiger partial charge in [-0.1, -0.05) is 0 Å². The molecular formula is C17H21FN4O. The first-order chi connectivity index (χ1) is 11.2. The lowest BCUT2D eigenvalue weighted by molar-refractivity contribution is -0.122. The summed E-state index contributed by atoms with van der Waals surface area (Å²) in [4.78, 5) is 20.5. The number of nitrogens with one attached hydrogen (secondary N) is 1. The van der Waals surface area contributed by atoms with Gasteiger partial charge in [0, 0.05) is 44.2 Å². The predicted molar refractivity (Wildman–Crippen MR) is 89.0 cm³/mol. The van der Waals surface area contributed by atoms with Crippen molar-refractivity contribution in [1.29, 1.82) is 0 Å². The quantitative estimate of drug-likeness (QED) is 0.931. The number of anilines is 1. The summed E-state index contributed by atoms with van der Waals surface area (Å²) in [5.41, 5.74) is 0.673. The van der Waals surface area contributed by atoms with E-state index < -0.39 is 0 Å². The number of rotatable bonds is 4. The molecule has 0 aliphatic carbocycles. The third-order valence-electron chi connectivity index (χ3n) is 4.08. The van der Waals surface area contributed by atoms with Crippen molar-refractivity contribution in [2.75, 3.05) is 44.2 Å². The Balaban J connectivity index is 1.64. The van der Waals surface area contributed by atoms with Gasteiger partial charge in [0.2, 0.25) is 5.91 Å². The Hall–Kier alpha value is -2.21. The Morgan fingerprint density at radius 3 is 2.70 bits per heavy atom. The number of likely N-dealkylation sites (N-methyl/N-ethyl adjacent to an activating group) is 1. The fourth-order valence-electron chi connectivity index (χ4n) is 2.85. The first-order valence-electron chi connectivity index (χ1n) is 7.96. The molecule has 1 aromatic carbocycles. The van der Waals surface area contributed by atoms with Crippen LogP contribution in [0, 0.1) is 5.82 Å². The largest absolute Gasteiger partial charge is 0.355 e. The summed E-state index contributed by atoms with van der Waals surface area (Å²) in [5, 5.41) is 3.75. The molecule has 1 N–H and O–H groups in total. The highest BCUT2D eigenvalue weighted by atomic mass is 19.1. The van der Waals surface area contributed by atoms with Crippen LogP contribution in [0.15, 0.2) is 30.3 Å². The van der Waals surface area contributed by atoms with Crippen LogP contribution in [0.3, 0.4) is 0 Å². The van der Waals surface area contributed by atoms with Crippen LogP contribution in [0.25, 0.3) is 10.9 Å². The fourth-order valence-corrected chi connectivity index (χ4v) is 2.85. The highest BCUT2D eigenvalue weighted by Gasteiger charge is 2.19. The molecule has 0 unspecified atom stereocenters. The maximum absolute atomic E-state index is 13.3. The van der Waals surface area contributed by atoms with E-state index in [2.05, 4.69) is 20.1 Å². The Morgan fingerprint density at radius 2 is 1.96 bits per heavy atom. The van der Waals surface area contributed by atoms with Crippen LogP contribution < -0.4 is 10.2 Å². The number of piperazine rings is 1. The molecule has 1 aliphatic rings. The van der Waals surface area contributed by atoms with Gasteiger partial charge >= 0.3 is 0 Å². The van der Waals surface area contributed by atoms with E-state index >= 15 is 0 Å². The molecule has 1 amide bonds. The van der Waals surface area contributed by atoms with E-state index in [9.17, 15) is 9.18 Å². The SMILES string of the molecule is CCNC(=O)CN1CCN(c2ccc3ccc(F)cc3n2)CC1. The number of halogens is 1. The molecule has 1 aliphatic heterocycles. The topological polar surface area (TPSA) is 48.5 Å². The van der Waals surface area contributed by atoms with Crippen LogP contribution in [-0.4, -0.2) is 55.1 Å². The van der Waals surface area contributed by atoms with Gasteiger partial charge in [-0.05, 0) is 31.2 Å². The molecule has 1 fully saturated rings. The number of hydrogen-bond acceptors (Lipinski definition) is 4. The summed E-state index contributed by atoms with van der Waals surface area (Å²) in [5.74, 6) is 0.662. The molecule has 2 heterocycles.